The van der Waals surface area contributed by atoms with Crippen LogP contribution in [0.3, 0.4) is 0 Å². The first-order valence-corrected chi connectivity index (χ1v) is 6.71. The molecule has 21 heavy (non-hydrogen) atoms. The minimum Gasteiger partial charge on any atom is -0.449 e. The van der Waals surface area contributed by atoms with Crippen molar-refractivity contribution < 1.29 is 13.9 Å². The summed E-state index contributed by atoms with van der Waals surface area (Å²) in [6, 6.07) is 18.0. The fourth-order valence-electron chi connectivity index (χ4n) is 2.79. The Kier molecular flexibility index (Phi) is 2.54. The van der Waals surface area contributed by atoms with Gasteiger partial charge in [-0.05, 0) is 40.6 Å². The van der Waals surface area contributed by atoms with Gasteiger partial charge in [0.2, 0.25) is 0 Å². The van der Waals surface area contributed by atoms with Crippen LogP contribution < -0.4 is 0 Å². The lowest BCUT2D eigenvalue weighted by Gasteiger charge is -2.12. The van der Waals surface area contributed by atoms with Gasteiger partial charge in [0.05, 0.1) is 5.56 Å². The van der Waals surface area contributed by atoms with E-state index in [0.717, 1.165) is 16.3 Å². The minimum absolute atomic E-state index is 0.363. The molecule has 1 atom stereocenters. The number of benzene rings is 3. The zero-order chi connectivity index (χ0) is 14.4. The van der Waals surface area contributed by atoms with E-state index in [2.05, 4.69) is 0 Å². The van der Waals surface area contributed by atoms with E-state index in [1.54, 1.807) is 0 Å². The molecule has 4 rings (SSSR count). The molecule has 0 radical (unpaired) electrons. The number of hydrogen-bond donors (Lipinski definition) is 0. The van der Waals surface area contributed by atoms with Gasteiger partial charge in [-0.25, -0.2) is 9.18 Å². The van der Waals surface area contributed by atoms with E-state index < -0.39 is 12.1 Å². The van der Waals surface area contributed by atoms with E-state index in [4.69, 9.17) is 4.74 Å². The predicted molar refractivity (Wildman–Crippen MR) is 77.6 cm³/mol. The van der Waals surface area contributed by atoms with Gasteiger partial charge >= 0.3 is 5.97 Å². The van der Waals surface area contributed by atoms with Crippen LogP contribution in [0, 0.1) is 5.82 Å². The molecular formula is C18H11FO2. The number of esters is 1. The van der Waals surface area contributed by atoms with Crippen LogP contribution >= 0.6 is 0 Å². The van der Waals surface area contributed by atoms with Crippen molar-refractivity contribution in [3.63, 3.8) is 0 Å². The standard InChI is InChI=1S/C18H11FO2/c19-14-7-8-15-16(10-14)17(21-18(15)20)13-6-5-11-3-1-2-4-12(11)9-13/h1-10,17H. The fraction of sp³-hybridized carbons (Fsp3) is 0.0556. The summed E-state index contributed by atoms with van der Waals surface area (Å²) in [6.07, 6.45) is -0.534. The van der Waals surface area contributed by atoms with Gasteiger partial charge in [0, 0.05) is 5.56 Å². The SMILES string of the molecule is O=C1OC(c2ccc3ccccc3c2)c2cc(F)ccc21. The van der Waals surface area contributed by atoms with Gasteiger partial charge in [-0.1, -0.05) is 36.4 Å². The second-order valence-electron chi connectivity index (χ2n) is 5.12. The zero-order valence-corrected chi connectivity index (χ0v) is 11.0. The molecule has 2 nitrogen and oxygen atoms in total. The number of cyclic esters (lactones) is 1. The minimum atomic E-state index is -0.534. The van der Waals surface area contributed by atoms with Gasteiger partial charge in [0.1, 0.15) is 5.82 Å². The zero-order valence-electron chi connectivity index (χ0n) is 11.0. The highest BCUT2D eigenvalue weighted by Gasteiger charge is 2.32. The van der Waals surface area contributed by atoms with Crippen molar-refractivity contribution in [1.82, 2.24) is 0 Å². The fourth-order valence-corrected chi connectivity index (χ4v) is 2.79. The maximum atomic E-state index is 13.5. The molecule has 1 aliphatic heterocycles. The molecule has 0 N–H and O–H groups in total. The van der Waals surface area contributed by atoms with Crippen LogP contribution in [0.5, 0.6) is 0 Å². The van der Waals surface area contributed by atoms with Crippen LogP contribution in [-0.4, -0.2) is 5.97 Å². The van der Waals surface area contributed by atoms with Gasteiger partial charge in [0.25, 0.3) is 0 Å². The molecule has 0 aliphatic carbocycles. The predicted octanol–water partition coefficient (Wildman–Crippen LogP) is 4.24. The average Bonchev–Trinajstić information content (AvgIpc) is 2.83. The first-order chi connectivity index (χ1) is 10.2. The maximum absolute atomic E-state index is 13.5. The third kappa shape index (κ3) is 1.89. The third-order valence-corrected chi connectivity index (χ3v) is 3.82. The second kappa shape index (κ2) is 4.42. The summed E-state index contributed by atoms with van der Waals surface area (Å²) < 4.78 is 18.9. The molecule has 3 aromatic rings. The topological polar surface area (TPSA) is 26.3 Å². The summed E-state index contributed by atoms with van der Waals surface area (Å²) >= 11 is 0. The van der Waals surface area contributed by atoms with Crippen LogP contribution in [0.4, 0.5) is 4.39 Å². The number of rotatable bonds is 1. The van der Waals surface area contributed by atoms with Crippen molar-refractivity contribution in [1.29, 1.82) is 0 Å². The summed E-state index contributed by atoms with van der Waals surface area (Å²) in [5.41, 5.74) is 1.89. The van der Waals surface area contributed by atoms with Crippen LogP contribution in [0.25, 0.3) is 10.8 Å². The van der Waals surface area contributed by atoms with E-state index in [-0.39, 0.29) is 5.82 Å². The number of hydrogen-bond acceptors (Lipinski definition) is 2. The van der Waals surface area contributed by atoms with E-state index >= 15 is 0 Å². The van der Waals surface area contributed by atoms with E-state index in [1.165, 1.54) is 18.2 Å². The lowest BCUT2D eigenvalue weighted by molar-refractivity contribution is 0.0456. The molecule has 102 valence electrons. The van der Waals surface area contributed by atoms with Crippen molar-refractivity contribution in [2.45, 2.75) is 6.10 Å². The van der Waals surface area contributed by atoms with Gasteiger partial charge in [-0.15, -0.1) is 0 Å². The number of halogens is 1. The summed E-state index contributed by atoms with van der Waals surface area (Å²) in [5.74, 6) is -0.763. The quantitative estimate of drug-likeness (QED) is 0.622. The molecule has 0 spiro atoms. The summed E-state index contributed by atoms with van der Waals surface area (Å²) in [4.78, 5) is 11.9. The molecular weight excluding hydrogens is 267 g/mol. The molecule has 0 bridgehead atoms. The molecule has 0 fully saturated rings. The van der Waals surface area contributed by atoms with Gasteiger partial charge < -0.3 is 4.74 Å². The van der Waals surface area contributed by atoms with Crippen LogP contribution in [0.15, 0.2) is 60.7 Å². The number of fused-ring (bicyclic) bond motifs is 2. The first-order valence-electron chi connectivity index (χ1n) is 6.71. The van der Waals surface area contributed by atoms with Gasteiger partial charge in [0.15, 0.2) is 6.10 Å². The molecule has 1 unspecified atom stereocenters. The molecule has 3 aromatic carbocycles. The highest BCUT2D eigenvalue weighted by Crippen LogP contribution is 2.37. The van der Waals surface area contributed by atoms with E-state index in [1.807, 2.05) is 42.5 Å². The number of ether oxygens (including phenoxy) is 1. The lowest BCUT2D eigenvalue weighted by atomic mass is 9.97. The van der Waals surface area contributed by atoms with Crippen LogP contribution in [0.1, 0.15) is 27.6 Å². The Labute approximate surface area is 120 Å². The Hall–Kier alpha value is -2.68. The van der Waals surface area contributed by atoms with Crippen LogP contribution in [0.2, 0.25) is 0 Å². The number of carbonyl (C=O) groups is 1. The van der Waals surface area contributed by atoms with Crippen molar-refractivity contribution in [2.24, 2.45) is 0 Å². The largest absolute Gasteiger partial charge is 0.449 e. The first kappa shape index (κ1) is 12.1. The monoisotopic (exact) mass is 278 g/mol. The second-order valence-corrected chi connectivity index (χ2v) is 5.12. The Bertz CT molecular complexity index is 870. The Balaban J connectivity index is 1.87. The van der Waals surface area contributed by atoms with Crippen molar-refractivity contribution in [2.75, 3.05) is 0 Å². The molecule has 0 saturated carbocycles. The lowest BCUT2D eigenvalue weighted by Crippen LogP contribution is -2.00. The van der Waals surface area contributed by atoms with E-state index in [9.17, 15) is 9.18 Å². The van der Waals surface area contributed by atoms with Crippen molar-refractivity contribution >= 4 is 16.7 Å². The summed E-state index contributed by atoms with van der Waals surface area (Å²) in [7, 11) is 0. The van der Waals surface area contributed by atoms with Crippen molar-refractivity contribution in [3.8, 4) is 0 Å². The normalized spacial score (nSPS) is 16.8. The molecule has 0 saturated heterocycles. The van der Waals surface area contributed by atoms with Gasteiger partial charge in [-0.2, -0.15) is 0 Å². The Morgan fingerprint density at radius 3 is 2.57 bits per heavy atom. The maximum Gasteiger partial charge on any atom is 0.339 e. The molecule has 1 aliphatic rings. The summed E-state index contributed by atoms with van der Waals surface area (Å²) in [5, 5.41) is 2.18. The third-order valence-electron chi connectivity index (χ3n) is 3.82. The Morgan fingerprint density at radius 2 is 1.71 bits per heavy atom. The highest BCUT2D eigenvalue weighted by atomic mass is 19.1. The van der Waals surface area contributed by atoms with Crippen molar-refractivity contribution in [3.05, 3.63) is 83.2 Å². The molecule has 1 heterocycles. The van der Waals surface area contributed by atoms with E-state index in [0.29, 0.717) is 11.1 Å². The smallest absolute Gasteiger partial charge is 0.339 e. The molecule has 0 amide bonds. The Morgan fingerprint density at radius 1 is 0.905 bits per heavy atom. The average molecular weight is 278 g/mol. The highest BCUT2D eigenvalue weighted by molar-refractivity contribution is 5.94. The molecule has 3 heteroatoms. The summed E-state index contributed by atoms with van der Waals surface area (Å²) in [6.45, 7) is 0. The van der Waals surface area contributed by atoms with Crippen LogP contribution in [-0.2, 0) is 4.74 Å². The number of carbonyl (C=O) groups excluding carboxylic acids is 1. The molecule has 0 aromatic heterocycles. The van der Waals surface area contributed by atoms with Gasteiger partial charge in [-0.3, -0.25) is 0 Å².